The molecule has 0 fully saturated rings. The summed E-state index contributed by atoms with van der Waals surface area (Å²) in [6, 6.07) is 16.9. The molecule has 0 aliphatic rings. The average molecular weight is 353 g/mol. The van der Waals surface area contributed by atoms with Crippen LogP contribution in [0.5, 0.6) is 0 Å². The van der Waals surface area contributed by atoms with Crippen LogP contribution in [0, 0.1) is 6.92 Å². The Hall–Kier alpha value is -2.92. The molecule has 1 amide bonds. The Bertz CT molecular complexity index is 898. The second-order valence-electron chi connectivity index (χ2n) is 5.57. The van der Waals surface area contributed by atoms with Gasteiger partial charge in [-0.3, -0.25) is 4.79 Å². The van der Waals surface area contributed by atoms with Crippen molar-refractivity contribution in [2.24, 2.45) is 0 Å². The van der Waals surface area contributed by atoms with E-state index in [1.54, 1.807) is 12.1 Å². The van der Waals surface area contributed by atoms with E-state index in [0.717, 1.165) is 11.1 Å². The number of benzene rings is 2. The van der Waals surface area contributed by atoms with E-state index in [4.69, 9.17) is 11.6 Å². The molecule has 0 aliphatic heterocycles. The van der Waals surface area contributed by atoms with E-state index in [0.29, 0.717) is 23.1 Å². The van der Waals surface area contributed by atoms with E-state index >= 15 is 0 Å². The zero-order chi connectivity index (χ0) is 17.6. The molecule has 0 aliphatic carbocycles. The van der Waals surface area contributed by atoms with Gasteiger partial charge in [0.15, 0.2) is 0 Å². The first-order chi connectivity index (χ1) is 12.1. The first-order valence-electron chi connectivity index (χ1n) is 7.79. The molecule has 25 heavy (non-hydrogen) atoms. The summed E-state index contributed by atoms with van der Waals surface area (Å²) in [5, 5.41) is 6.52. The zero-order valence-electron chi connectivity index (χ0n) is 13.7. The molecule has 1 aromatic heterocycles. The maximum absolute atomic E-state index is 12.3. The summed E-state index contributed by atoms with van der Waals surface area (Å²) < 4.78 is 0. The Morgan fingerprint density at radius 2 is 1.92 bits per heavy atom. The quantitative estimate of drug-likeness (QED) is 0.725. The maximum atomic E-state index is 12.3. The lowest BCUT2D eigenvalue weighted by Crippen LogP contribution is -2.24. The van der Waals surface area contributed by atoms with Crippen LogP contribution in [-0.2, 0) is 6.54 Å². The second-order valence-corrected chi connectivity index (χ2v) is 5.97. The molecule has 0 bridgehead atoms. The second kappa shape index (κ2) is 7.77. The van der Waals surface area contributed by atoms with Crippen molar-refractivity contribution >= 4 is 29.0 Å². The van der Waals surface area contributed by atoms with Crippen molar-refractivity contribution < 1.29 is 4.79 Å². The standard InChI is InChI=1S/C19H17ClN4O/c1-13-5-4-6-14(9-13)11-21-19(25)17-10-18(23-12-22-17)24-16-8-3-2-7-15(16)20/h2-10,12H,11H2,1H3,(H,21,25)(H,22,23,24). The third-order valence-corrected chi connectivity index (χ3v) is 3.90. The van der Waals surface area contributed by atoms with Crippen molar-refractivity contribution in [3.8, 4) is 0 Å². The van der Waals surface area contributed by atoms with Gasteiger partial charge in [-0.05, 0) is 24.6 Å². The minimum absolute atomic E-state index is 0.258. The van der Waals surface area contributed by atoms with E-state index < -0.39 is 0 Å². The normalized spacial score (nSPS) is 10.3. The topological polar surface area (TPSA) is 66.9 Å². The fourth-order valence-electron chi connectivity index (χ4n) is 2.35. The van der Waals surface area contributed by atoms with E-state index in [-0.39, 0.29) is 11.6 Å². The third-order valence-electron chi connectivity index (χ3n) is 3.57. The molecule has 5 nitrogen and oxygen atoms in total. The molecule has 0 saturated carbocycles. The SMILES string of the molecule is Cc1cccc(CNC(=O)c2cc(Nc3ccccc3Cl)ncn2)c1. The lowest BCUT2D eigenvalue weighted by molar-refractivity contribution is 0.0946. The number of hydrogen-bond donors (Lipinski definition) is 2. The Kier molecular flexibility index (Phi) is 5.26. The van der Waals surface area contributed by atoms with E-state index in [1.807, 2.05) is 49.4 Å². The number of nitrogens with zero attached hydrogens (tertiary/aromatic N) is 2. The van der Waals surface area contributed by atoms with Crippen LogP contribution < -0.4 is 10.6 Å². The molecule has 3 aromatic rings. The Morgan fingerprint density at radius 3 is 2.72 bits per heavy atom. The monoisotopic (exact) mass is 352 g/mol. The van der Waals surface area contributed by atoms with Crippen LogP contribution in [-0.4, -0.2) is 15.9 Å². The molecule has 0 saturated heterocycles. The molecule has 0 radical (unpaired) electrons. The van der Waals surface area contributed by atoms with Gasteiger partial charge in [-0.25, -0.2) is 9.97 Å². The molecular formula is C19H17ClN4O. The van der Waals surface area contributed by atoms with Gasteiger partial charge in [0.25, 0.3) is 5.91 Å². The Labute approximate surface area is 151 Å². The number of carbonyl (C=O) groups excluding carboxylic acids is 1. The highest BCUT2D eigenvalue weighted by molar-refractivity contribution is 6.33. The van der Waals surface area contributed by atoms with Crippen molar-refractivity contribution in [1.82, 2.24) is 15.3 Å². The molecule has 126 valence electrons. The van der Waals surface area contributed by atoms with Crippen LogP contribution in [0.25, 0.3) is 0 Å². The fourth-order valence-corrected chi connectivity index (χ4v) is 2.53. The van der Waals surface area contributed by atoms with Crippen molar-refractivity contribution in [2.45, 2.75) is 13.5 Å². The molecule has 2 aromatic carbocycles. The van der Waals surface area contributed by atoms with Crippen molar-refractivity contribution in [3.63, 3.8) is 0 Å². The molecule has 6 heteroatoms. The van der Waals surface area contributed by atoms with Crippen molar-refractivity contribution in [2.75, 3.05) is 5.32 Å². The van der Waals surface area contributed by atoms with Crippen LogP contribution in [0.1, 0.15) is 21.6 Å². The highest BCUT2D eigenvalue weighted by Gasteiger charge is 2.09. The number of anilines is 2. The average Bonchev–Trinajstić information content (AvgIpc) is 2.62. The molecule has 2 N–H and O–H groups in total. The number of aromatic nitrogens is 2. The number of nitrogens with one attached hydrogen (secondary N) is 2. The zero-order valence-corrected chi connectivity index (χ0v) is 14.4. The summed E-state index contributed by atoms with van der Waals surface area (Å²) in [5.74, 6) is 0.245. The number of amides is 1. The minimum Gasteiger partial charge on any atom is -0.347 e. The molecule has 0 atom stereocenters. The van der Waals surface area contributed by atoms with Gasteiger partial charge in [-0.15, -0.1) is 0 Å². The van der Waals surface area contributed by atoms with Gasteiger partial charge >= 0.3 is 0 Å². The molecule has 1 heterocycles. The van der Waals surface area contributed by atoms with Crippen molar-refractivity contribution in [1.29, 1.82) is 0 Å². The van der Waals surface area contributed by atoms with Crippen LogP contribution in [0.15, 0.2) is 60.9 Å². The van der Waals surface area contributed by atoms with E-state index in [9.17, 15) is 4.79 Å². The first-order valence-corrected chi connectivity index (χ1v) is 8.17. The summed E-state index contributed by atoms with van der Waals surface area (Å²) in [4.78, 5) is 20.5. The Morgan fingerprint density at radius 1 is 1.08 bits per heavy atom. The van der Waals surface area contributed by atoms with Crippen LogP contribution >= 0.6 is 11.6 Å². The number of hydrogen-bond acceptors (Lipinski definition) is 4. The number of para-hydroxylation sites is 1. The largest absolute Gasteiger partial charge is 0.347 e. The number of aryl methyl sites for hydroxylation is 1. The molecule has 0 spiro atoms. The summed E-state index contributed by atoms with van der Waals surface area (Å²) in [6.45, 7) is 2.46. The van der Waals surface area contributed by atoms with Crippen LogP contribution in [0.2, 0.25) is 5.02 Å². The van der Waals surface area contributed by atoms with Gasteiger partial charge in [0, 0.05) is 12.6 Å². The lowest BCUT2D eigenvalue weighted by atomic mass is 10.1. The number of rotatable bonds is 5. The summed E-state index contributed by atoms with van der Waals surface area (Å²) >= 11 is 6.12. The maximum Gasteiger partial charge on any atom is 0.270 e. The smallest absolute Gasteiger partial charge is 0.270 e. The summed E-state index contributed by atoms with van der Waals surface area (Å²) in [7, 11) is 0. The summed E-state index contributed by atoms with van der Waals surface area (Å²) in [5.41, 5.74) is 3.20. The van der Waals surface area contributed by atoms with Crippen LogP contribution in [0.3, 0.4) is 0 Å². The molecule has 3 rings (SSSR count). The van der Waals surface area contributed by atoms with Gasteiger partial charge in [0.05, 0.1) is 10.7 Å². The van der Waals surface area contributed by atoms with E-state index in [2.05, 4.69) is 20.6 Å². The van der Waals surface area contributed by atoms with Gasteiger partial charge < -0.3 is 10.6 Å². The minimum atomic E-state index is -0.258. The molecule has 0 unspecified atom stereocenters. The lowest BCUT2D eigenvalue weighted by Gasteiger charge is -2.09. The van der Waals surface area contributed by atoms with Crippen LogP contribution in [0.4, 0.5) is 11.5 Å². The predicted molar refractivity (Wildman–Crippen MR) is 99.1 cm³/mol. The van der Waals surface area contributed by atoms with Gasteiger partial charge in [-0.1, -0.05) is 53.6 Å². The molecular weight excluding hydrogens is 336 g/mol. The van der Waals surface area contributed by atoms with Gasteiger partial charge in [0.2, 0.25) is 0 Å². The van der Waals surface area contributed by atoms with Gasteiger partial charge in [-0.2, -0.15) is 0 Å². The Balaban J connectivity index is 1.68. The van der Waals surface area contributed by atoms with E-state index in [1.165, 1.54) is 6.33 Å². The third kappa shape index (κ3) is 4.55. The number of halogens is 1. The fraction of sp³-hybridized carbons (Fsp3) is 0.105. The summed E-state index contributed by atoms with van der Waals surface area (Å²) in [6.07, 6.45) is 1.35. The first kappa shape index (κ1) is 16.9. The predicted octanol–water partition coefficient (Wildman–Crippen LogP) is 4.11. The highest BCUT2D eigenvalue weighted by atomic mass is 35.5. The van der Waals surface area contributed by atoms with Crippen molar-refractivity contribution in [3.05, 3.63) is 82.8 Å². The highest BCUT2D eigenvalue weighted by Crippen LogP contribution is 2.23. The number of carbonyl (C=O) groups is 1. The van der Waals surface area contributed by atoms with Gasteiger partial charge in [0.1, 0.15) is 17.8 Å².